The van der Waals surface area contributed by atoms with Gasteiger partial charge in [-0.05, 0) is 59.7 Å². The Hall–Kier alpha value is -1.98. The first kappa shape index (κ1) is 16.9. The van der Waals surface area contributed by atoms with Gasteiger partial charge in [0.15, 0.2) is 0 Å². The first-order chi connectivity index (χ1) is 11.7. The Morgan fingerprint density at radius 2 is 1.75 bits per heavy atom. The van der Waals surface area contributed by atoms with Gasteiger partial charge in [0.1, 0.15) is 0 Å². The highest BCUT2D eigenvalue weighted by Gasteiger charge is 2.24. The van der Waals surface area contributed by atoms with E-state index in [-0.39, 0.29) is 11.1 Å². The third-order valence-electron chi connectivity index (χ3n) is 3.54. The van der Waals surface area contributed by atoms with Crippen molar-refractivity contribution in [3.8, 4) is 0 Å². The van der Waals surface area contributed by atoms with Crippen LogP contribution in [0.3, 0.4) is 0 Å². The van der Waals surface area contributed by atoms with Crippen molar-refractivity contribution in [3.05, 3.63) is 70.6 Å². The molecule has 0 radical (unpaired) electrons. The fourth-order valence-electron chi connectivity index (χ4n) is 2.34. The van der Waals surface area contributed by atoms with Crippen LogP contribution in [0.5, 0.6) is 0 Å². The molecule has 122 valence electrons. The van der Waals surface area contributed by atoms with Crippen LogP contribution in [-0.2, 0) is 11.2 Å². The highest BCUT2D eigenvalue weighted by Crippen LogP contribution is 2.26. The Kier molecular flexibility index (Phi) is 5.77. The van der Waals surface area contributed by atoms with Crippen LogP contribution in [-0.4, -0.2) is 16.9 Å². The molecule has 0 unspecified atom stereocenters. The summed E-state index contributed by atoms with van der Waals surface area (Å²) in [6.45, 7) is 0. The summed E-state index contributed by atoms with van der Waals surface area (Å²) in [7, 11) is 0. The van der Waals surface area contributed by atoms with Gasteiger partial charge in [0.05, 0.1) is 4.91 Å². The van der Waals surface area contributed by atoms with Crippen LogP contribution in [0.2, 0.25) is 0 Å². The van der Waals surface area contributed by atoms with E-state index < -0.39 is 0 Å². The number of hydrogen-bond donors (Lipinski definition) is 1. The van der Waals surface area contributed by atoms with Gasteiger partial charge in [-0.25, -0.2) is 0 Å². The fourth-order valence-corrected chi connectivity index (χ4v) is 3.88. The molecule has 1 heterocycles. The second-order valence-corrected chi connectivity index (χ2v) is 7.54. The minimum Gasteiger partial charge on any atom is -0.282 e. The number of hydrogen-bond acceptors (Lipinski definition) is 4. The Bertz CT molecular complexity index is 755. The van der Waals surface area contributed by atoms with Gasteiger partial charge in [-0.15, -0.1) is 11.8 Å². The third kappa shape index (κ3) is 4.76. The molecule has 2 aromatic rings. The molecule has 0 aromatic heterocycles. The molecule has 0 aliphatic carbocycles. The molecule has 3 rings (SSSR count). The number of benzene rings is 2. The maximum Gasteiger partial charge on any atom is 0.290 e. The molecule has 24 heavy (non-hydrogen) atoms. The van der Waals surface area contributed by atoms with E-state index in [1.807, 2.05) is 30.0 Å². The second-order valence-electron chi connectivity index (χ2n) is 5.36. The number of rotatable bonds is 6. The number of carbonyl (C=O) groups excluding carboxylic acids is 2. The molecule has 1 aliphatic rings. The third-order valence-corrected chi connectivity index (χ3v) is 5.45. The zero-order valence-corrected chi connectivity index (χ0v) is 14.7. The number of aryl methyl sites for hydroxylation is 1. The summed E-state index contributed by atoms with van der Waals surface area (Å²) >= 11 is 2.78. The largest absolute Gasteiger partial charge is 0.290 e. The van der Waals surface area contributed by atoms with E-state index in [1.165, 1.54) is 10.5 Å². The average Bonchev–Trinajstić information content (AvgIpc) is 2.91. The molecular formula is C19H17NO2S2. The molecule has 1 aliphatic heterocycles. The molecule has 2 amide bonds. The lowest BCUT2D eigenvalue weighted by Crippen LogP contribution is -2.17. The summed E-state index contributed by atoms with van der Waals surface area (Å²) in [6, 6.07) is 18.6. The van der Waals surface area contributed by atoms with Crippen LogP contribution in [0.15, 0.2) is 64.4 Å². The SMILES string of the molecule is O=C1NC(=O)C(=Cc2ccc(SCCCc3ccccc3)cc2)S1. The van der Waals surface area contributed by atoms with E-state index >= 15 is 0 Å². The summed E-state index contributed by atoms with van der Waals surface area (Å²) in [4.78, 5) is 24.3. The fraction of sp³-hybridized carbons (Fsp3) is 0.158. The first-order valence-corrected chi connectivity index (χ1v) is 9.52. The smallest absolute Gasteiger partial charge is 0.282 e. The first-order valence-electron chi connectivity index (χ1n) is 7.72. The van der Waals surface area contributed by atoms with Crippen molar-refractivity contribution in [2.24, 2.45) is 0 Å². The van der Waals surface area contributed by atoms with Crippen molar-refractivity contribution in [1.82, 2.24) is 5.32 Å². The summed E-state index contributed by atoms with van der Waals surface area (Å²) in [6.07, 6.45) is 3.98. The maximum atomic E-state index is 11.5. The second kappa shape index (κ2) is 8.22. The summed E-state index contributed by atoms with van der Waals surface area (Å²) < 4.78 is 0. The van der Waals surface area contributed by atoms with E-state index in [4.69, 9.17) is 0 Å². The lowest BCUT2D eigenvalue weighted by molar-refractivity contribution is -0.115. The van der Waals surface area contributed by atoms with E-state index in [0.717, 1.165) is 35.9 Å². The highest BCUT2D eigenvalue weighted by atomic mass is 32.2. The molecule has 0 saturated carbocycles. The number of amides is 2. The van der Waals surface area contributed by atoms with Crippen molar-refractivity contribution in [2.75, 3.05) is 5.75 Å². The van der Waals surface area contributed by atoms with Gasteiger partial charge in [-0.1, -0.05) is 42.5 Å². The van der Waals surface area contributed by atoms with Crippen molar-refractivity contribution in [1.29, 1.82) is 0 Å². The minimum absolute atomic E-state index is 0.308. The maximum absolute atomic E-state index is 11.5. The number of carbonyl (C=O) groups is 2. The van der Waals surface area contributed by atoms with Crippen molar-refractivity contribution in [3.63, 3.8) is 0 Å². The molecule has 3 nitrogen and oxygen atoms in total. The van der Waals surface area contributed by atoms with Gasteiger partial charge in [-0.2, -0.15) is 0 Å². The monoisotopic (exact) mass is 355 g/mol. The van der Waals surface area contributed by atoms with Crippen molar-refractivity contribution < 1.29 is 9.59 Å². The topological polar surface area (TPSA) is 46.2 Å². The van der Waals surface area contributed by atoms with Crippen LogP contribution in [0, 0.1) is 0 Å². The van der Waals surface area contributed by atoms with Crippen LogP contribution < -0.4 is 5.32 Å². The van der Waals surface area contributed by atoms with E-state index in [1.54, 1.807) is 6.08 Å². The summed E-state index contributed by atoms with van der Waals surface area (Å²) in [5.74, 6) is 0.756. The Balaban J connectivity index is 1.49. The molecule has 5 heteroatoms. The zero-order chi connectivity index (χ0) is 16.8. The minimum atomic E-state index is -0.315. The molecule has 1 saturated heterocycles. The molecule has 2 aromatic carbocycles. The zero-order valence-electron chi connectivity index (χ0n) is 13.0. The molecule has 1 fully saturated rings. The average molecular weight is 355 g/mol. The summed E-state index contributed by atoms with van der Waals surface area (Å²) in [5, 5.41) is 1.95. The quantitative estimate of drug-likeness (QED) is 0.462. The van der Waals surface area contributed by atoms with E-state index in [9.17, 15) is 9.59 Å². The summed E-state index contributed by atoms with van der Waals surface area (Å²) in [5.41, 5.74) is 2.30. The Morgan fingerprint density at radius 3 is 2.42 bits per heavy atom. The predicted octanol–water partition coefficient (Wildman–Crippen LogP) is 4.74. The Morgan fingerprint density at radius 1 is 1.00 bits per heavy atom. The van der Waals surface area contributed by atoms with Gasteiger partial charge >= 0.3 is 0 Å². The van der Waals surface area contributed by atoms with Gasteiger partial charge in [0.25, 0.3) is 11.1 Å². The highest BCUT2D eigenvalue weighted by molar-refractivity contribution is 8.18. The van der Waals surface area contributed by atoms with E-state index in [0.29, 0.717) is 4.91 Å². The molecule has 0 bridgehead atoms. The molecule has 1 N–H and O–H groups in total. The standard InChI is InChI=1S/C19H17NO2S2/c21-18-17(24-19(22)20-18)13-15-8-10-16(11-9-15)23-12-4-7-14-5-2-1-3-6-14/h1-3,5-6,8-11,13H,4,7,12H2,(H,20,21,22). The Labute approximate surface area is 149 Å². The van der Waals surface area contributed by atoms with Crippen LogP contribution in [0.1, 0.15) is 17.5 Å². The molecule has 0 atom stereocenters. The number of imide groups is 1. The molecule has 0 spiro atoms. The lowest BCUT2D eigenvalue weighted by atomic mass is 10.1. The number of thioether (sulfide) groups is 2. The van der Waals surface area contributed by atoms with Crippen LogP contribution in [0.25, 0.3) is 6.08 Å². The van der Waals surface area contributed by atoms with Crippen molar-refractivity contribution in [2.45, 2.75) is 17.7 Å². The van der Waals surface area contributed by atoms with Gasteiger partial charge in [0, 0.05) is 4.90 Å². The van der Waals surface area contributed by atoms with Gasteiger partial charge < -0.3 is 0 Å². The number of nitrogens with one attached hydrogen (secondary N) is 1. The predicted molar refractivity (Wildman–Crippen MR) is 101 cm³/mol. The molecular weight excluding hydrogens is 338 g/mol. The van der Waals surface area contributed by atoms with Crippen molar-refractivity contribution >= 4 is 40.7 Å². The lowest BCUT2D eigenvalue weighted by Gasteiger charge is -2.03. The normalized spacial score (nSPS) is 15.8. The van der Waals surface area contributed by atoms with Gasteiger partial charge in [0.2, 0.25) is 0 Å². The van der Waals surface area contributed by atoms with Crippen LogP contribution >= 0.6 is 23.5 Å². The van der Waals surface area contributed by atoms with E-state index in [2.05, 4.69) is 41.7 Å². The van der Waals surface area contributed by atoms with Gasteiger partial charge in [-0.3, -0.25) is 14.9 Å². The van der Waals surface area contributed by atoms with Crippen LogP contribution in [0.4, 0.5) is 4.79 Å².